The van der Waals surface area contributed by atoms with Crippen LogP contribution in [0, 0.1) is 5.92 Å². The zero-order valence-electron chi connectivity index (χ0n) is 7.25. The van der Waals surface area contributed by atoms with E-state index in [1.165, 1.54) is 6.42 Å². The van der Waals surface area contributed by atoms with Crippen molar-refractivity contribution in [2.24, 2.45) is 11.7 Å². The maximum atomic E-state index is 6.01. The number of hydrogen-bond acceptors (Lipinski definition) is 3. The summed E-state index contributed by atoms with van der Waals surface area (Å²) in [5.74, 6) is 0.635. The molecule has 3 N–H and O–H groups in total. The third-order valence-corrected chi connectivity index (χ3v) is 2.89. The van der Waals surface area contributed by atoms with Gasteiger partial charge in [0.05, 0.1) is 0 Å². The maximum absolute atomic E-state index is 6.01. The fourth-order valence-electron chi connectivity index (χ4n) is 1.65. The monoisotopic (exact) mass is 174 g/mol. The van der Waals surface area contributed by atoms with Crippen LogP contribution in [0.3, 0.4) is 0 Å². The summed E-state index contributed by atoms with van der Waals surface area (Å²) in [6.45, 7) is 5.40. The van der Waals surface area contributed by atoms with Crippen LogP contribution >= 0.6 is 12.6 Å². The molecule has 0 aromatic rings. The lowest BCUT2D eigenvalue weighted by Gasteiger charge is -2.36. The lowest BCUT2D eigenvalue weighted by Crippen LogP contribution is -2.57. The summed E-state index contributed by atoms with van der Waals surface area (Å²) in [5.41, 5.74) is 6.01. The lowest BCUT2D eigenvalue weighted by atomic mass is 9.88. The van der Waals surface area contributed by atoms with Gasteiger partial charge in [-0.3, -0.25) is 0 Å². The molecule has 1 heterocycles. The van der Waals surface area contributed by atoms with E-state index in [1.54, 1.807) is 0 Å². The second-order valence-corrected chi connectivity index (χ2v) is 4.38. The average molecular weight is 174 g/mol. The summed E-state index contributed by atoms with van der Waals surface area (Å²) in [4.78, 5) is 0. The van der Waals surface area contributed by atoms with E-state index in [-0.39, 0.29) is 6.04 Å². The second kappa shape index (κ2) is 3.78. The molecule has 1 aliphatic heterocycles. The number of nitrogens with two attached hydrogens (primary N) is 1. The number of hydrogen-bond donors (Lipinski definition) is 3. The standard InChI is InChI=1S/C8H18N2S/c1-5-3-4-10-8(6(2)11)7(5)9/h5-8,10-11H,3-4,9H2,1-2H3/t5?,6?,7?,8-/m0/s1. The molecule has 0 saturated carbocycles. The van der Waals surface area contributed by atoms with Gasteiger partial charge in [-0.15, -0.1) is 0 Å². The highest BCUT2D eigenvalue weighted by molar-refractivity contribution is 7.81. The zero-order chi connectivity index (χ0) is 8.43. The Morgan fingerprint density at radius 3 is 2.73 bits per heavy atom. The third kappa shape index (κ3) is 2.10. The molecule has 1 rings (SSSR count). The summed E-state index contributed by atoms with van der Waals surface area (Å²) in [6.07, 6.45) is 1.19. The lowest BCUT2D eigenvalue weighted by molar-refractivity contribution is 0.271. The predicted molar refractivity (Wildman–Crippen MR) is 52.0 cm³/mol. The van der Waals surface area contributed by atoms with Gasteiger partial charge in [0.2, 0.25) is 0 Å². The Labute approximate surface area is 74.3 Å². The molecule has 0 aliphatic carbocycles. The van der Waals surface area contributed by atoms with Crippen molar-refractivity contribution >= 4 is 12.6 Å². The van der Waals surface area contributed by atoms with Gasteiger partial charge >= 0.3 is 0 Å². The van der Waals surface area contributed by atoms with Crippen LogP contribution in [0.5, 0.6) is 0 Å². The largest absolute Gasteiger partial charge is 0.326 e. The minimum Gasteiger partial charge on any atom is -0.326 e. The van der Waals surface area contributed by atoms with Crippen LogP contribution in [0.25, 0.3) is 0 Å². The van der Waals surface area contributed by atoms with E-state index in [1.807, 2.05) is 0 Å². The average Bonchev–Trinajstić information content (AvgIpc) is 1.94. The van der Waals surface area contributed by atoms with E-state index in [4.69, 9.17) is 5.73 Å². The van der Waals surface area contributed by atoms with Gasteiger partial charge in [0, 0.05) is 17.3 Å². The zero-order valence-corrected chi connectivity index (χ0v) is 8.14. The highest BCUT2D eigenvalue weighted by atomic mass is 32.1. The minimum absolute atomic E-state index is 0.274. The first-order valence-electron chi connectivity index (χ1n) is 4.30. The molecule has 0 aromatic carbocycles. The number of nitrogens with one attached hydrogen (secondary N) is 1. The summed E-state index contributed by atoms with van der Waals surface area (Å²) in [5, 5.41) is 3.75. The second-order valence-electron chi connectivity index (χ2n) is 3.56. The topological polar surface area (TPSA) is 38.0 Å². The van der Waals surface area contributed by atoms with Crippen molar-refractivity contribution in [3.63, 3.8) is 0 Å². The van der Waals surface area contributed by atoms with E-state index in [2.05, 4.69) is 31.8 Å². The van der Waals surface area contributed by atoms with Crippen molar-refractivity contribution in [2.45, 2.75) is 37.6 Å². The summed E-state index contributed by atoms with van der Waals surface area (Å²) in [7, 11) is 0. The van der Waals surface area contributed by atoms with E-state index in [0.717, 1.165) is 6.54 Å². The Balaban J connectivity index is 2.51. The summed E-state index contributed by atoms with van der Waals surface area (Å²) >= 11 is 4.40. The molecule has 3 heteroatoms. The molecule has 0 amide bonds. The van der Waals surface area contributed by atoms with Crippen LogP contribution < -0.4 is 11.1 Å². The molecule has 0 bridgehead atoms. The van der Waals surface area contributed by atoms with Crippen molar-refractivity contribution in [3.05, 3.63) is 0 Å². The molecule has 0 radical (unpaired) electrons. The van der Waals surface area contributed by atoms with Gasteiger partial charge in [0.1, 0.15) is 0 Å². The number of rotatable bonds is 1. The Hall–Kier alpha value is 0.270. The van der Waals surface area contributed by atoms with Crippen LogP contribution in [0.2, 0.25) is 0 Å². The van der Waals surface area contributed by atoms with Crippen LogP contribution in [-0.4, -0.2) is 23.9 Å². The first-order valence-corrected chi connectivity index (χ1v) is 4.81. The van der Waals surface area contributed by atoms with Crippen LogP contribution in [0.4, 0.5) is 0 Å². The first-order chi connectivity index (χ1) is 5.13. The normalized spacial score (nSPS) is 42.0. The van der Waals surface area contributed by atoms with Gasteiger partial charge in [0.15, 0.2) is 0 Å². The van der Waals surface area contributed by atoms with Gasteiger partial charge < -0.3 is 11.1 Å². The molecular formula is C8H18N2S. The molecule has 1 aliphatic rings. The molecule has 66 valence electrons. The van der Waals surface area contributed by atoms with Crippen LogP contribution in [0.15, 0.2) is 0 Å². The van der Waals surface area contributed by atoms with E-state index in [9.17, 15) is 0 Å². The molecule has 3 unspecified atom stereocenters. The molecule has 0 spiro atoms. The quantitative estimate of drug-likeness (QED) is 0.510. The summed E-state index contributed by atoms with van der Waals surface area (Å²) < 4.78 is 0. The van der Waals surface area contributed by atoms with Crippen molar-refractivity contribution in [3.8, 4) is 0 Å². The van der Waals surface area contributed by atoms with E-state index >= 15 is 0 Å². The maximum Gasteiger partial charge on any atom is 0.0335 e. The number of thiol groups is 1. The van der Waals surface area contributed by atoms with Crippen molar-refractivity contribution in [2.75, 3.05) is 6.54 Å². The van der Waals surface area contributed by atoms with Crippen molar-refractivity contribution in [1.82, 2.24) is 5.32 Å². The third-order valence-electron chi connectivity index (χ3n) is 2.57. The van der Waals surface area contributed by atoms with Gasteiger partial charge in [-0.25, -0.2) is 0 Å². The van der Waals surface area contributed by atoms with Gasteiger partial charge in [-0.1, -0.05) is 13.8 Å². The highest BCUT2D eigenvalue weighted by Gasteiger charge is 2.29. The molecule has 0 aromatic heterocycles. The summed E-state index contributed by atoms with van der Waals surface area (Å²) in [6, 6.07) is 0.665. The Bertz CT molecular complexity index is 127. The SMILES string of the molecule is CC1CCN[C@@H](C(C)S)C1N. The van der Waals surface area contributed by atoms with Gasteiger partial charge in [-0.05, 0) is 18.9 Å². The fourth-order valence-corrected chi connectivity index (χ4v) is 1.96. The molecule has 11 heavy (non-hydrogen) atoms. The Morgan fingerprint density at radius 2 is 2.27 bits per heavy atom. The van der Waals surface area contributed by atoms with Gasteiger partial charge in [-0.2, -0.15) is 12.6 Å². The molecule has 4 atom stereocenters. The predicted octanol–water partition coefficient (Wildman–Crippen LogP) is 0.630. The minimum atomic E-state index is 0.274. The first kappa shape index (κ1) is 9.36. The van der Waals surface area contributed by atoms with E-state index in [0.29, 0.717) is 17.2 Å². The number of piperidine rings is 1. The Kier molecular flexibility index (Phi) is 3.22. The van der Waals surface area contributed by atoms with Crippen molar-refractivity contribution < 1.29 is 0 Å². The highest BCUT2D eigenvalue weighted by Crippen LogP contribution is 2.18. The molecule has 1 fully saturated rings. The Morgan fingerprint density at radius 1 is 1.64 bits per heavy atom. The molecule has 1 saturated heterocycles. The van der Waals surface area contributed by atoms with Crippen LogP contribution in [-0.2, 0) is 0 Å². The van der Waals surface area contributed by atoms with Crippen molar-refractivity contribution in [1.29, 1.82) is 0 Å². The van der Waals surface area contributed by atoms with Crippen LogP contribution in [0.1, 0.15) is 20.3 Å². The molecular weight excluding hydrogens is 156 g/mol. The molecule has 2 nitrogen and oxygen atoms in total. The smallest absolute Gasteiger partial charge is 0.0335 e. The van der Waals surface area contributed by atoms with Gasteiger partial charge in [0.25, 0.3) is 0 Å². The fraction of sp³-hybridized carbons (Fsp3) is 1.00. The van der Waals surface area contributed by atoms with E-state index < -0.39 is 0 Å².